The molecule has 0 N–H and O–H groups in total. The average Bonchev–Trinajstić information content (AvgIpc) is 3.40. The minimum Gasteiger partial charge on any atom is -0.465 e. The van der Waals surface area contributed by atoms with Gasteiger partial charge in [0.25, 0.3) is 0 Å². The zero-order valence-corrected chi connectivity index (χ0v) is 48.7. The summed E-state index contributed by atoms with van der Waals surface area (Å²) in [7, 11) is 0. The van der Waals surface area contributed by atoms with Crippen molar-refractivity contribution >= 4 is 11.8 Å². The van der Waals surface area contributed by atoms with Crippen molar-refractivity contribution in [3.8, 4) is 0 Å². The molecular formula is C64H120O9. The molecule has 0 bridgehead atoms. The Morgan fingerprint density at radius 3 is 1.37 bits per heavy atom. The molecule has 0 saturated heterocycles. The molecule has 430 valence electrons. The molecule has 3 atom stereocenters. The summed E-state index contributed by atoms with van der Waals surface area (Å²) < 4.78 is 41.7. The highest BCUT2D eigenvalue weighted by Crippen LogP contribution is 2.24. The first-order valence-electron chi connectivity index (χ1n) is 31.6. The second kappa shape index (κ2) is 56.6. The fourth-order valence-corrected chi connectivity index (χ4v) is 9.72. The molecular weight excluding hydrogens is 913 g/mol. The van der Waals surface area contributed by atoms with Crippen LogP contribution in [0.1, 0.15) is 278 Å². The van der Waals surface area contributed by atoms with Crippen molar-refractivity contribution in [1.82, 2.24) is 0 Å². The van der Waals surface area contributed by atoms with E-state index in [1.807, 2.05) is 0 Å². The van der Waals surface area contributed by atoms with Gasteiger partial charge in [-0.2, -0.15) is 0 Å². The Morgan fingerprint density at radius 1 is 0.411 bits per heavy atom. The normalized spacial score (nSPS) is 13.9. The van der Waals surface area contributed by atoms with E-state index in [1.165, 1.54) is 121 Å². The predicted octanol–water partition coefficient (Wildman–Crippen LogP) is 17.6. The maximum absolute atomic E-state index is 13.3. The second-order valence-electron chi connectivity index (χ2n) is 21.5. The predicted molar refractivity (Wildman–Crippen MR) is 307 cm³/mol. The lowest BCUT2D eigenvalue weighted by Gasteiger charge is -2.19. The van der Waals surface area contributed by atoms with E-state index in [0.717, 1.165) is 148 Å². The Hall–Kier alpha value is -1.62. The maximum Gasteiger partial charge on any atom is 0.308 e. The highest BCUT2D eigenvalue weighted by atomic mass is 16.6. The van der Waals surface area contributed by atoms with Crippen molar-refractivity contribution in [1.29, 1.82) is 0 Å². The molecule has 0 spiro atoms. The number of carbonyl (C=O) groups is 2. The molecule has 0 aromatic rings. The summed E-state index contributed by atoms with van der Waals surface area (Å²) in [6, 6.07) is 0. The van der Waals surface area contributed by atoms with Crippen LogP contribution in [0.5, 0.6) is 0 Å². The van der Waals surface area contributed by atoms with E-state index in [9.17, 15) is 9.59 Å². The molecule has 1 aliphatic rings. The Labute approximate surface area is 451 Å². The van der Waals surface area contributed by atoms with Gasteiger partial charge in [-0.1, -0.05) is 200 Å². The van der Waals surface area contributed by atoms with Gasteiger partial charge in [-0.25, -0.2) is 0 Å². The Kier molecular flexibility index (Phi) is 53.8. The number of unbranched alkanes of at least 4 members (excludes halogenated alkanes) is 25. The zero-order valence-electron chi connectivity index (χ0n) is 48.7. The minimum atomic E-state index is -0.120. The molecule has 0 heterocycles. The number of allylic oxidation sites excluding steroid dienone is 2. The van der Waals surface area contributed by atoms with E-state index in [0.29, 0.717) is 71.9 Å². The molecule has 0 fully saturated rings. The van der Waals surface area contributed by atoms with E-state index >= 15 is 0 Å². The summed E-state index contributed by atoms with van der Waals surface area (Å²) in [6.45, 7) is 16.5. The van der Waals surface area contributed by atoms with Crippen LogP contribution in [-0.4, -0.2) is 97.1 Å². The summed E-state index contributed by atoms with van der Waals surface area (Å²) >= 11 is 0. The van der Waals surface area contributed by atoms with Crippen LogP contribution in [0.3, 0.4) is 0 Å². The third-order valence-corrected chi connectivity index (χ3v) is 14.5. The van der Waals surface area contributed by atoms with Gasteiger partial charge in [0.2, 0.25) is 0 Å². The van der Waals surface area contributed by atoms with Crippen LogP contribution in [0.2, 0.25) is 0 Å². The van der Waals surface area contributed by atoms with Gasteiger partial charge in [0.1, 0.15) is 11.9 Å². The highest BCUT2D eigenvalue weighted by Gasteiger charge is 2.20. The number of hydrogen-bond donors (Lipinski definition) is 0. The van der Waals surface area contributed by atoms with Crippen LogP contribution in [0.25, 0.3) is 0 Å². The molecule has 73 heavy (non-hydrogen) atoms. The number of rotatable bonds is 60. The molecule has 0 radical (unpaired) electrons. The van der Waals surface area contributed by atoms with E-state index in [-0.39, 0.29) is 23.9 Å². The van der Waals surface area contributed by atoms with Crippen molar-refractivity contribution in [2.45, 2.75) is 284 Å². The van der Waals surface area contributed by atoms with Crippen molar-refractivity contribution in [3.63, 3.8) is 0 Å². The summed E-state index contributed by atoms with van der Waals surface area (Å²) in [5.74, 6) is 0.905. The van der Waals surface area contributed by atoms with Gasteiger partial charge in [-0.15, -0.1) is 0 Å². The molecule has 0 aromatic heterocycles. The fraction of sp³-hybridized carbons (Fsp3) is 0.906. The van der Waals surface area contributed by atoms with Crippen molar-refractivity contribution in [2.24, 2.45) is 11.8 Å². The van der Waals surface area contributed by atoms with Crippen molar-refractivity contribution in [3.05, 3.63) is 23.8 Å². The third kappa shape index (κ3) is 47.3. The quantitative estimate of drug-likeness (QED) is 0.0436. The standard InChI is InChI=1S/C64H120O9/c1-5-9-13-17-20-32-43-60(42-30-15-11-7-3)63(65)46-34-22-19-23-35-49-69-57-62(58-71-55-53-68-48-37-27-36-47-67-52-54-70-56-59-40-28-26-29-41-59)72-50-38-24-25-39-51-73-64(66)61(44-31-16-12-8-4)45-33-21-18-14-10-6-2/h28,40-41,60-62H,5-27,29-39,42-58H2,1-4H3. The number of carbonyl (C=O) groups excluding carboxylic acids is 2. The van der Waals surface area contributed by atoms with Crippen LogP contribution in [-0.2, 0) is 42.7 Å². The van der Waals surface area contributed by atoms with Crippen LogP contribution in [0.15, 0.2) is 23.8 Å². The fourth-order valence-electron chi connectivity index (χ4n) is 9.72. The number of hydrogen-bond acceptors (Lipinski definition) is 9. The molecule has 0 aliphatic heterocycles. The number of ether oxygens (including phenoxy) is 7. The van der Waals surface area contributed by atoms with Gasteiger partial charge in [0, 0.05) is 38.8 Å². The van der Waals surface area contributed by atoms with Gasteiger partial charge in [-0.3, -0.25) is 9.59 Å². The molecule has 9 heteroatoms. The summed E-state index contributed by atoms with van der Waals surface area (Å²) in [6.07, 6.45) is 51.2. The van der Waals surface area contributed by atoms with Crippen LogP contribution in [0.4, 0.5) is 0 Å². The molecule has 0 aromatic carbocycles. The first kappa shape index (κ1) is 69.4. The van der Waals surface area contributed by atoms with Crippen LogP contribution < -0.4 is 0 Å². The number of Topliss-reactive ketones (excluding diaryl/α,β-unsaturated/α-hetero) is 1. The monoisotopic (exact) mass is 1030 g/mol. The first-order valence-corrected chi connectivity index (χ1v) is 31.6. The number of esters is 1. The molecule has 1 aliphatic carbocycles. The topological polar surface area (TPSA) is 98.8 Å². The molecule has 0 amide bonds. The molecule has 3 unspecified atom stereocenters. The van der Waals surface area contributed by atoms with Gasteiger partial charge >= 0.3 is 5.97 Å². The average molecular weight is 1030 g/mol. The molecule has 1 rings (SSSR count). The lowest BCUT2D eigenvalue weighted by Crippen LogP contribution is -2.27. The van der Waals surface area contributed by atoms with Gasteiger partial charge in [0.05, 0.1) is 58.8 Å². The first-order chi connectivity index (χ1) is 36.0. The Balaban J connectivity index is 2.38. The molecule has 9 nitrogen and oxygen atoms in total. The highest BCUT2D eigenvalue weighted by molar-refractivity contribution is 5.80. The zero-order chi connectivity index (χ0) is 52.6. The summed E-state index contributed by atoms with van der Waals surface area (Å²) in [4.78, 5) is 26.4. The lowest BCUT2D eigenvalue weighted by atomic mass is 9.88. The lowest BCUT2D eigenvalue weighted by molar-refractivity contribution is -0.149. The second-order valence-corrected chi connectivity index (χ2v) is 21.5. The smallest absolute Gasteiger partial charge is 0.308 e. The van der Waals surface area contributed by atoms with E-state index < -0.39 is 0 Å². The van der Waals surface area contributed by atoms with Gasteiger partial charge in [-0.05, 0) is 95.5 Å². The SMILES string of the molecule is CCCCCCCCC(CCCCCC)C(=O)CCCCCCCOCC(COCCOCCCCCOCCOCC1=CCCC=C1)OCCCCCCOC(=O)C(CCCCCC)CCCCCCCC. The van der Waals surface area contributed by atoms with E-state index in [1.54, 1.807) is 0 Å². The van der Waals surface area contributed by atoms with Crippen molar-refractivity contribution < 1.29 is 42.7 Å². The third-order valence-electron chi connectivity index (χ3n) is 14.5. The Morgan fingerprint density at radius 2 is 0.822 bits per heavy atom. The van der Waals surface area contributed by atoms with Crippen LogP contribution >= 0.6 is 0 Å². The van der Waals surface area contributed by atoms with E-state index in [4.69, 9.17) is 33.2 Å². The molecule has 0 saturated carbocycles. The van der Waals surface area contributed by atoms with Gasteiger partial charge < -0.3 is 33.2 Å². The van der Waals surface area contributed by atoms with E-state index in [2.05, 4.69) is 45.9 Å². The van der Waals surface area contributed by atoms with Crippen molar-refractivity contribution in [2.75, 3.05) is 79.3 Å². The minimum absolute atomic E-state index is 0.0309. The van der Waals surface area contributed by atoms with Crippen LogP contribution in [0, 0.1) is 11.8 Å². The summed E-state index contributed by atoms with van der Waals surface area (Å²) in [5, 5.41) is 0. The Bertz CT molecular complexity index is 1220. The maximum atomic E-state index is 13.3. The largest absolute Gasteiger partial charge is 0.465 e. The van der Waals surface area contributed by atoms with Gasteiger partial charge in [0.15, 0.2) is 0 Å². The summed E-state index contributed by atoms with van der Waals surface area (Å²) in [5.41, 5.74) is 1.27. The number of ketones is 1.